The summed E-state index contributed by atoms with van der Waals surface area (Å²) in [7, 11) is 0. The molecule has 0 atom stereocenters. The second-order valence-electron chi connectivity index (χ2n) is 6.72. The van der Waals surface area contributed by atoms with Crippen LogP contribution >= 0.6 is 23.4 Å². The molecule has 0 radical (unpaired) electrons. The van der Waals surface area contributed by atoms with Crippen LogP contribution in [0.3, 0.4) is 0 Å². The largest absolute Gasteiger partial charge is 0.398 e. The van der Waals surface area contributed by atoms with Crippen LogP contribution in [0.15, 0.2) is 29.4 Å². The fourth-order valence-corrected chi connectivity index (χ4v) is 3.69. The summed E-state index contributed by atoms with van der Waals surface area (Å²) >= 11 is 6.45. The molecule has 0 aliphatic carbocycles. The van der Waals surface area contributed by atoms with E-state index < -0.39 is 30.8 Å². The highest BCUT2D eigenvalue weighted by Crippen LogP contribution is 2.38. The molecule has 1 fully saturated rings. The number of hydrogen-bond donors (Lipinski definition) is 2. The Morgan fingerprint density at radius 1 is 1.23 bits per heavy atom. The van der Waals surface area contributed by atoms with Crippen LogP contribution in [0.5, 0.6) is 0 Å². The van der Waals surface area contributed by atoms with Crippen molar-refractivity contribution in [2.24, 2.45) is 5.84 Å². The van der Waals surface area contributed by atoms with E-state index in [1.54, 1.807) is 24.3 Å². The molecule has 0 unspecified atom stereocenters. The lowest BCUT2D eigenvalue weighted by Gasteiger charge is -2.25. The molecule has 4 N–H and O–H groups in total. The second-order valence-corrected chi connectivity index (χ2v) is 8.07. The molecule has 164 valence electrons. The Labute approximate surface area is 178 Å². The zero-order valence-corrected chi connectivity index (χ0v) is 17.0. The molecule has 1 aliphatic heterocycles. The highest BCUT2D eigenvalue weighted by Gasteiger charge is 2.40. The normalized spacial score (nSPS) is 16.2. The van der Waals surface area contributed by atoms with Gasteiger partial charge in [0.05, 0.1) is 18.8 Å². The Balaban J connectivity index is 1.95. The van der Waals surface area contributed by atoms with E-state index >= 15 is 0 Å². The third-order valence-electron chi connectivity index (χ3n) is 4.29. The molecule has 1 saturated heterocycles. The summed E-state index contributed by atoms with van der Waals surface area (Å²) in [5, 5.41) is 1.26. The topological polar surface area (TPSA) is 84.3 Å². The Bertz CT molecular complexity index is 913. The van der Waals surface area contributed by atoms with Gasteiger partial charge in [-0.05, 0) is 11.6 Å². The van der Waals surface area contributed by atoms with E-state index in [2.05, 4.69) is 9.97 Å². The summed E-state index contributed by atoms with van der Waals surface area (Å²) in [5.74, 6) is 1.74. The number of aromatic nitrogens is 2. The monoisotopic (exact) mass is 468 g/mol. The quantitative estimate of drug-likeness (QED) is 0.217. The summed E-state index contributed by atoms with van der Waals surface area (Å²) in [6, 6.07) is 6.82. The Morgan fingerprint density at radius 2 is 1.93 bits per heavy atom. The summed E-state index contributed by atoms with van der Waals surface area (Å²) in [4.78, 5) is 9.27. The van der Waals surface area contributed by atoms with Gasteiger partial charge in [-0.2, -0.15) is 13.2 Å². The zero-order chi connectivity index (χ0) is 22.1. The van der Waals surface area contributed by atoms with Crippen molar-refractivity contribution in [3.8, 4) is 0 Å². The minimum absolute atomic E-state index is 0.0415. The summed E-state index contributed by atoms with van der Waals surface area (Å²) in [5.41, 5.74) is 6.62. The van der Waals surface area contributed by atoms with Gasteiger partial charge < -0.3 is 10.6 Å². The molecule has 30 heavy (non-hydrogen) atoms. The molecular formula is C17H18ClF5N6S. The number of nitrogen functional groups attached to an aromatic ring is 1. The fourth-order valence-electron chi connectivity index (χ4n) is 2.90. The first kappa shape index (κ1) is 22.6. The smallest absolute Gasteiger partial charge is 0.393 e. The predicted octanol–water partition coefficient (Wildman–Crippen LogP) is 4.09. The summed E-state index contributed by atoms with van der Waals surface area (Å²) < 4.78 is 65.3. The number of anilines is 3. The van der Waals surface area contributed by atoms with Gasteiger partial charge in [-0.1, -0.05) is 41.6 Å². The minimum atomic E-state index is -4.46. The van der Waals surface area contributed by atoms with Gasteiger partial charge in [0, 0.05) is 18.0 Å². The number of hydrazine groups is 1. The highest BCUT2D eigenvalue weighted by atomic mass is 35.5. The van der Waals surface area contributed by atoms with Gasteiger partial charge in [-0.25, -0.2) is 24.6 Å². The van der Waals surface area contributed by atoms with Gasteiger partial charge >= 0.3 is 6.18 Å². The third kappa shape index (κ3) is 5.55. The molecule has 3 rings (SSSR count). The van der Waals surface area contributed by atoms with E-state index in [1.165, 1.54) is 4.90 Å². The molecule has 13 heteroatoms. The molecule has 0 spiro atoms. The first-order chi connectivity index (χ1) is 14.0. The van der Waals surface area contributed by atoms with Crippen LogP contribution < -0.4 is 21.5 Å². The maximum Gasteiger partial charge on any atom is 0.398 e. The Kier molecular flexibility index (Phi) is 6.48. The van der Waals surface area contributed by atoms with Gasteiger partial charge in [0.1, 0.15) is 5.69 Å². The van der Waals surface area contributed by atoms with Crippen molar-refractivity contribution in [3.63, 3.8) is 0 Å². The van der Waals surface area contributed by atoms with Crippen LogP contribution in [-0.2, 0) is 6.54 Å². The average molecular weight is 469 g/mol. The molecule has 2 aromatic rings. The number of rotatable bonds is 6. The molecule has 1 aromatic heterocycles. The van der Waals surface area contributed by atoms with Gasteiger partial charge in [-0.3, -0.25) is 5.01 Å². The van der Waals surface area contributed by atoms with Crippen LogP contribution in [0.1, 0.15) is 12.0 Å². The van der Waals surface area contributed by atoms with Crippen LogP contribution in [-0.4, -0.2) is 40.9 Å². The maximum absolute atomic E-state index is 13.7. The minimum Gasteiger partial charge on any atom is -0.393 e. The number of halogens is 6. The maximum atomic E-state index is 13.7. The van der Waals surface area contributed by atoms with E-state index in [4.69, 9.17) is 23.2 Å². The fraction of sp³-hybridized carbons (Fsp3) is 0.412. The molecule has 1 aliphatic rings. The van der Waals surface area contributed by atoms with Gasteiger partial charge in [0.25, 0.3) is 5.92 Å². The lowest BCUT2D eigenvalue weighted by atomic mass is 10.2. The Morgan fingerprint density at radius 3 is 2.53 bits per heavy atom. The van der Waals surface area contributed by atoms with Crippen molar-refractivity contribution in [2.45, 2.75) is 30.2 Å². The zero-order valence-electron chi connectivity index (χ0n) is 15.5. The number of hydrogen-bond acceptors (Lipinski definition) is 7. The Hall–Kier alpha value is -2.05. The molecule has 0 amide bonds. The van der Waals surface area contributed by atoms with Crippen molar-refractivity contribution >= 4 is 40.7 Å². The van der Waals surface area contributed by atoms with Crippen LogP contribution in [0.25, 0.3) is 0 Å². The van der Waals surface area contributed by atoms with E-state index in [0.29, 0.717) is 22.3 Å². The van der Waals surface area contributed by atoms with Crippen LogP contribution in [0.2, 0.25) is 5.02 Å². The standard InChI is InChI=1S/C17H18ClF5N6S/c18-11-4-2-1-3-10(11)7-29(25)14-12(24)13(28-6-5-16(19,20)8-28)26-15(27-14)30-9-17(21,22)23/h1-4H,5-9,24-25H2. The summed E-state index contributed by atoms with van der Waals surface area (Å²) in [6.45, 7) is -0.655. The van der Waals surface area contributed by atoms with Gasteiger partial charge in [-0.15, -0.1) is 0 Å². The van der Waals surface area contributed by atoms with E-state index in [1.807, 2.05) is 0 Å². The molecule has 6 nitrogen and oxygen atoms in total. The highest BCUT2D eigenvalue weighted by molar-refractivity contribution is 7.99. The number of alkyl halides is 5. The van der Waals surface area contributed by atoms with Crippen molar-refractivity contribution < 1.29 is 22.0 Å². The van der Waals surface area contributed by atoms with Gasteiger partial charge in [0.15, 0.2) is 16.8 Å². The first-order valence-corrected chi connectivity index (χ1v) is 10.1. The number of benzene rings is 1. The molecular weight excluding hydrogens is 451 g/mol. The van der Waals surface area contributed by atoms with Crippen molar-refractivity contribution in [2.75, 3.05) is 34.5 Å². The van der Waals surface area contributed by atoms with Crippen molar-refractivity contribution in [1.82, 2.24) is 9.97 Å². The SMILES string of the molecule is Nc1c(N(N)Cc2ccccc2Cl)nc(SCC(F)(F)F)nc1N1CCC(F)(F)C1. The average Bonchev–Trinajstić information content (AvgIpc) is 3.01. The molecule has 0 bridgehead atoms. The lowest BCUT2D eigenvalue weighted by Crippen LogP contribution is -2.33. The number of thioether (sulfide) groups is 1. The van der Waals surface area contributed by atoms with Gasteiger partial charge in [0.2, 0.25) is 0 Å². The van der Waals surface area contributed by atoms with Crippen molar-refractivity contribution in [1.29, 1.82) is 0 Å². The van der Waals surface area contributed by atoms with Crippen molar-refractivity contribution in [3.05, 3.63) is 34.9 Å². The number of nitrogens with two attached hydrogens (primary N) is 2. The van der Waals surface area contributed by atoms with E-state index in [9.17, 15) is 22.0 Å². The first-order valence-electron chi connectivity index (χ1n) is 8.71. The molecule has 2 heterocycles. The third-order valence-corrected chi connectivity index (χ3v) is 5.57. The van der Waals surface area contributed by atoms with E-state index in [-0.39, 0.29) is 35.6 Å². The lowest BCUT2D eigenvalue weighted by molar-refractivity contribution is -0.105. The van der Waals surface area contributed by atoms with Crippen LogP contribution in [0, 0.1) is 0 Å². The number of nitrogens with zero attached hydrogens (tertiary/aromatic N) is 4. The summed E-state index contributed by atoms with van der Waals surface area (Å²) in [6.07, 6.45) is -4.88. The molecule has 0 saturated carbocycles. The predicted molar refractivity (Wildman–Crippen MR) is 107 cm³/mol. The molecule has 1 aromatic carbocycles. The second kappa shape index (κ2) is 8.60. The van der Waals surface area contributed by atoms with E-state index in [0.717, 1.165) is 5.01 Å². The van der Waals surface area contributed by atoms with Crippen LogP contribution in [0.4, 0.5) is 39.3 Å².